The van der Waals surface area contributed by atoms with Gasteiger partial charge in [0.2, 0.25) is 5.91 Å². The number of piperidine rings is 1. The molecule has 0 bridgehead atoms. The van der Waals surface area contributed by atoms with E-state index in [1.165, 1.54) is 0 Å². The van der Waals surface area contributed by atoms with E-state index in [-0.39, 0.29) is 43.0 Å². The van der Waals surface area contributed by atoms with Crippen molar-refractivity contribution in [2.75, 3.05) is 13.1 Å². The van der Waals surface area contributed by atoms with Gasteiger partial charge in [0.05, 0.1) is 4.34 Å². The third-order valence-corrected chi connectivity index (χ3v) is 4.69. The fourth-order valence-electron chi connectivity index (χ4n) is 2.17. The number of hydrogen-bond acceptors (Lipinski definition) is 4. The number of nitrogens with one attached hydrogen (secondary N) is 2. The maximum absolute atomic E-state index is 11.9. The number of carbonyl (C=O) groups is 2. The first kappa shape index (κ1) is 18.7. The Morgan fingerprint density at radius 3 is 2.71 bits per heavy atom. The van der Waals surface area contributed by atoms with Crippen LogP contribution in [-0.4, -0.2) is 30.8 Å². The quantitative estimate of drug-likeness (QED) is 0.781. The SMILES string of the molecule is Cl.O=C(CCC(=O)c1cc(Cl)sc1Cl)N[C@H]1CCCNC1. The normalized spacial score (nSPS) is 17.9. The average Bonchev–Trinajstić information content (AvgIpc) is 2.76. The number of ketones is 1. The highest BCUT2D eigenvalue weighted by Crippen LogP contribution is 2.32. The molecule has 1 aliphatic heterocycles. The van der Waals surface area contributed by atoms with E-state index < -0.39 is 0 Å². The molecule has 0 spiro atoms. The molecule has 0 radical (unpaired) electrons. The third kappa shape index (κ3) is 5.75. The fourth-order valence-corrected chi connectivity index (χ4v) is 3.67. The van der Waals surface area contributed by atoms with Gasteiger partial charge in [-0.05, 0) is 25.5 Å². The maximum Gasteiger partial charge on any atom is 0.220 e. The summed E-state index contributed by atoms with van der Waals surface area (Å²) in [4.78, 5) is 23.7. The van der Waals surface area contributed by atoms with Crippen molar-refractivity contribution < 1.29 is 9.59 Å². The molecule has 4 nitrogen and oxygen atoms in total. The first-order valence-corrected chi connectivity index (χ1v) is 8.11. The van der Waals surface area contributed by atoms with E-state index in [4.69, 9.17) is 23.2 Å². The van der Waals surface area contributed by atoms with Crippen molar-refractivity contribution in [3.63, 3.8) is 0 Å². The molecule has 0 saturated carbocycles. The summed E-state index contributed by atoms with van der Waals surface area (Å²) in [6, 6.07) is 1.73. The second-order valence-corrected chi connectivity index (χ2v) is 7.06. The van der Waals surface area contributed by atoms with Gasteiger partial charge in [-0.2, -0.15) is 0 Å². The third-order valence-electron chi connectivity index (χ3n) is 3.20. The molecule has 0 aromatic carbocycles. The molecule has 1 aromatic heterocycles. The minimum Gasteiger partial charge on any atom is -0.352 e. The molecule has 2 rings (SSSR count). The van der Waals surface area contributed by atoms with Crippen molar-refractivity contribution in [3.8, 4) is 0 Å². The van der Waals surface area contributed by atoms with E-state index in [1.54, 1.807) is 6.07 Å². The molecular weight excluding hydrogens is 355 g/mol. The number of halogens is 3. The highest BCUT2D eigenvalue weighted by Gasteiger charge is 2.18. The van der Waals surface area contributed by atoms with Gasteiger partial charge in [0.15, 0.2) is 5.78 Å². The maximum atomic E-state index is 11.9. The van der Waals surface area contributed by atoms with Gasteiger partial charge < -0.3 is 10.6 Å². The van der Waals surface area contributed by atoms with Crippen LogP contribution in [0.3, 0.4) is 0 Å². The van der Waals surface area contributed by atoms with Crippen molar-refractivity contribution in [3.05, 3.63) is 20.3 Å². The van der Waals surface area contributed by atoms with Crippen molar-refractivity contribution >= 4 is 58.6 Å². The van der Waals surface area contributed by atoms with Crippen LogP contribution in [0.5, 0.6) is 0 Å². The van der Waals surface area contributed by atoms with E-state index in [9.17, 15) is 9.59 Å². The Labute approximate surface area is 144 Å². The monoisotopic (exact) mass is 370 g/mol. The molecule has 1 saturated heterocycles. The molecule has 118 valence electrons. The predicted molar refractivity (Wildman–Crippen MR) is 89.2 cm³/mol. The molecule has 21 heavy (non-hydrogen) atoms. The van der Waals surface area contributed by atoms with Gasteiger partial charge in [-0.25, -0.2) is 0 Å². The smallest absolute Gasteiger partial charge is 0.220 e. The van der Waals surface area contributed by atoms with Crippen LogP contribution in [0.1, 0.15) is 36.0 Å². The number of amides is 1. The number of Topliss-reactive ketones (excluding diaryl/α,β-unsaturated/α-hetero) is 1. The average molecular weight is 372 g/mol. The first-order valence-electron chi connectivity index (χ1n) is 6.54. The molecule has 2 heterocycles. The molecule has 8 heteroatoms. The Hall–Kier alpha value is -0.330. The summed E-state index contributed by atoms with van der Waals surface area (Å²) >= 11 is 12.9. The van der Waals surface area contributed by atoms with Gasteiger partial charge in [0, 0.05) is 31.0 Å². The van der Waals surface area contributed by atoms with Gasteiger partial charge >= 0.3 is 0 Å². The second kappa shape index (κ2) is 8.96. The Balaban J connectivity index is 0.00000220. The van der Waals surface area contributed by atoms with Crippen LogP contribution in [-0.2, 0) is 4.79 Å². The van der Waals surface area contributed by atoms with Crippen LogP contribution >= 0.6 is 46.9 Å². The molecule has 1 aliphatic rings. The number of hydrogen-bond donors (Lipinski definition) is 2. The lowest BCUT2D eigenvalue weighted by Crippen LogP contribution is -2.45. The summed E-state index contributed by atoms with van der Waals surface area (Å²) in [6.07, 6.45) is 2.38. The van der Waals surface area contributed by atoms with E-state index in [1.807, 2.05) is 0 Å². The number of carbonyl (C=O) groups excluding carboxylic acids is 2. The molecule has 0 unspecified atom stereocenters. The van der Waals surface area contributed by atoms with Crippen LogP contribution in [0.2, 0.25) is 8.67 Å². The molecule has 1 atom stereocenters. The Bertz CT molecular complexity index is 502. The summed E-state index contributed by atoms with van der Waals surface area (Å²) in [6.45, 7) is 1.80. The standard InChI is InChI=1S/C13H16Cl2N2O2S.ClH/c14-11-6-9(13(15)20-11)10(18)3-4-12(19)17-8-2-1-5-16-7-8;/h6,8,16H,1-5,7H2,(H,17,19);1H/t8-;/m0./s1. The Morgan fingerprint density at radius 1 is 1.38 bits per heavy atom. The van der Waals surface area contributed by atoms with Crippen molar-refractivity contribution in [1.82, 2.24) is 10.6 Å². The van der Waals surface area contributed by atoms with Crippen LogP contribution in [0.4, 0.5) is 0 Å². The summed E-state index contributed by atoms with van der Waals surface area (Å²) in [7, 11) is 0. The molecule has 1 aromatic rings. The van der Waals surface area contributed by atoms with Crippen LogP contribution < -0.4 is 10.6 Å². The summed E-state index contributed by atoms with van der Waals surface area (Å²) in [5.41, 5.74) is 0.411. The molecule has 0 aliphatic carbocycles. The Morgan fingerprint density at radius 2 is 2.14 bits per heavy atom. The van der Waals surface area contributed by atoms with Gasteiger partial charge in [-0.1, -0.05) is 23.2 Å². The van der Waals surface area contributed by atoms with Gasteiger partial charge in [0.1, 0.15) is 4.34 Å². The van der Waals surface area contributed by atoms with Gasteiger partial charge in [-0.3, -0.25) is 9.59 Å². The fraction of sp³-hybridized carbons (Fsp3) is 0.538. The zero-order chi connectivity index (χ0) is 14.5. The summed E-state index contributed by atoms with van der Waals surface area (Å²) in [5.74, 6) is -0.237. The number of rotatable bonds is 5. The van der Waals surface area contributed by atoms with E-state index in [0.29, 0.717) is 14.2 Å². The summed E-state index contributed by atoms with van der Waals surface area (Å²) < 4.78 is 0.868. The zero-order valence-electron chi connectivity index (χ0n) is 11.3. The van der Waals surface area contributed by atoms with E-state index in [2.05, 4.69) is 10.6 Å². The molecule has 1 amide bonds. The van der Waals surface area contributed by atoms with Crippen molar-refractivity contribution in [1.29, 1.82) is 0 Å². The molecular formula is C13H17Cl3N2O2S. The van der Waals surface area contributed by atoms with E-state index in [0.717, 1.165) is 37.3 Å². The van der Waals surface area contributed by atoms with Crippen LogP contribution in [0, 0.1) is 0 Å². The summed E-state index contributed by atoms with van der Waals surface area (Å²) in [5, 5.41) is 6.16. The van der Waals surface area contributed by atoms with Crippen molar-refractivity contribution in [2.24, 2.45) is 0 Å². The second-order valence-electron chi connectivity index (χ2n) is 4.77. The molecule has 1 fully saturated rings. The predicted octanol–water partition coefficient (Wildman–Crippen LogP) is 3.31. The van der Waals surface area contributed by atoms with Crippen LogP contribution in [0.25, 0.3) is 0 Å². The van der Waals surface area contributed by atoms with E-state index >= 15 is 0 Å². The minimum absolute atomic E-state index is 0. The lowest BCUT2D eigenvalue weighted by atomic mass is 10.1. The highest BCUT2D eigenvalue weighted by atomic mass is 35.5. The largest absolute Gasteiger partial charge is 0.352 e. The lowest BCUT2D eigenvalue weighted by Gasteiger charge is -2.23. The zero-order valence-corrected chi connectivity index (χ0v) is 14.4. The lowest BCUT2D eigenvalue weighted by molar-refractivity contribution is -0.121. The minimum atomic E-state index is -0.143. The van der Waals surface area contributed by atoms with Gasteiger partial charge in [-0.15, -0.1) is 23.7 Å². The van der Waals surface area contributed by atoms with Crippen molar-refractivity contribution in [2.45, 2.75) is 31.7 Å². The molecule has 2 N–H and O–H groups in total. The first-order chi connectivity index (χ1) is 9.56. The topological polar surface area (TPSA) is 58.2 Å². The van der Waals surface area contributed by atoms with Gasteiger partial charge in [0.25, 0.3) is 0 Å². The Kier molecular flexibility index (Phi) is 7.98. The number of thiophene rings is 1. The van der Waals surface area contributed by atoms with Crippen LogP contribution in [0.15, 0.2) is 6.07 Å². The highest BCUT2D eigenvalue weighted by molar-refractivity contribution is 7.20.